The Morgan fingerprint density at radius 3 is 1.85 bits per heavy atom. The highest BCUT2D eigenvalue weighted by Gasteiger charge is 2.27. The fourth-order valence-electron chi connectivity index (χ4n) is 2.13. The number of carbonyl (C=O) groups excluding carboxylic acids is 1. The average molecular weight is 407 g/mol. The summed E-state index contributed by atoms with van der Waals surface area (Å²) in [6, 6.07) is 6.71. The van der Waals surface area contributed by atoms with Gasteiger partial charge in [-0.2, -0.15) is 4.31 Å². The molecule has 1 aliphatic heterocycles. The average Bonchev–Trinajstić information content (AvgIpc) is 2.62. The molecule has 1 fully saturated rings. The van der Waals surface area contributed by atoms with Gasteiger partial charge >= 0.3 is 11.9 Å². The summed E-state index contributed by atoms with van der Waals surface area (Å²) >= 11 is 5.79. The van der Waals surface area contributed by atoms with Gasteiger partial charge in [0, 0.05) is 36.8 Å². The normalized spacial score (nSPS) is 14.9. The molecule has 1 aromatic rings. The Morgan fingerprint density at radius 1 is 1.00 bits per heavy atom. The summed E-state index contributed by atoms with van der Waals surface area (Å²) in [6.45, 7) is 3.17. The molecule has 1 aliphatic rings. The van der Waals surface area contributed by atoms with Crippen LogP contribution in [-0.2, 0) is 19.6 Å². The molecule has 1 heterocycles. The molecule has 0 bridgehead atoms. The maximum absolute atomic E-state index is 12.3. The maximum Gasteiger partial charge on any atom is 0.414 e. The Kier molecular flexibility index (Phi) is 8.00. The van der Waals surface area contributed by atoms with Crippen molar-refractivity contribution in [1.82, 2.24) is 9.21 Å². The number of sulfonamides is 1. The number of rotatable bonds is 3. The van der Waals surface area contributed by atoms with Crippen LogP contribution in [0.3, 0.4) is 0 Å². The van der Waals surface area contributed by atoms with E-state index in [-0.39, 0.29) is 11.7 Å². The third kappa shape index (κ3) is 6.28. The summed E-state index contributed by atoms with van der Waals surface area (Å²) < 4.78 is 24.9. The van der Waals surface area contributed by atoms with Crippen LogP contribution < -0.4 is 0 Å². The number of hydrogen-bond donors (Lipinski definition) is 2. The van der Waals surface area contributed by atoms with Crippen LogP contribution in [0.4, 0.5) is 0 Å². The van der Waals surface area contributed by atoms with Crippen LogP contribution in [0, 0.1) is 0 Å². The number of halogens is 1. The highest BCUT2D eigenvalue weighted by atomic mass is 35.5. The largest absolute Gasteiger partial charge is 0.473 e. The molecule has 0 atom stereocenters. The van der Waals surface area contributed by atoms with Crippen LogP contribution in [0.5, 0.6) is 0 Å². The van der Waals surface area contributed by atoms with E-state index in [1.165, 1.54) is 4.31 Å². The monoisotopic (exact) mass is 406 g/mol. The summed E-state index contributed by atoms with van der Waals surface area (Å²) in [4.78, 5) is 32.1. The molecular formula is C15H19ClN2O7S. The Labute approximate surface area is 155 Å². The molecule has 26 heavy (non-hydrogen) atoms. The van der Waals surface area contributed by atoms with E-state index >= 15 is 0 Å². The van der Waals surface area contributed by atoms with Gasteiger partial charge in [-0.1, -0.05) is 11.6 Å². The lowest BCUT2D eigenvalue weighted by Crippen LogP contribution is -2.50. The summed E-state index contributed by atoms with van der Waals surface area (Å²) in [7, 11) is -3.16. The van der Waals surface area contributed by atoms with E-state index in [0.29, 0.717) is 36.8 Å². The first kappa shape index (κ1) is 21.9. The number of carboxylic acids is 2. The quantitative estimate of drug-likeness (QED) is 0.702. The number of carboxylic acid groups (broad SMARTS) is 2. The molecule has 1 aromatic carbocycles. The van der Waals surface area contributed by atoms with Crippen molar-refractivity contribution in [2.24, 2.45) is 0 Å². The Morgan fingerprint density at radius 2 is 1.46 bits per heavy atom. The smallest absolute Gasteiger partial charge is 0.414 e. The van der Waals surface area contributed by atoms with Crippen molar-refractivity contribution < 1.29 is 33.0 Å². The summed E-state index contributed by atoms with van der Waals surface area (Å²) in [5.74, 6) is -3.64. The van der Waals surface area contributed by atoms with Gasteiger partial charge in [0.2, 0.25) is 10.0 Å². The molecule has 1 saturated heterocycles. The lowest BCUT2D eigenvalue weighted by atomic mass is 10.2. The molecule has 0 spiro atoms. The summed E-state index contributed by atoms with van der Waals surface area (Å²) in [6.07, 6.45) is 0. The second-order valence-corrected chi connectivity index (χ2v) is 7.90. The van der Waals surface area contributed by atoms with E-state index in [2.05, 4.69) is 0 Å². The van der Waals surface area contributed by atoms with E-state index in [0.717, 1.165) is 0 Å². The van der Waals surface area contributed by atoms with E-state index in [9.17, 15) is 13.2 Å². The highest BCUT2D eigenvalue weighted by Crippen LogP contribution is 2.14. The molecule has 11 heteroatoms. The molecule has 0 radical (unpaired) electrons. The zero-order chi connectivity index (χ0) is 19.9. The third-order valence-corrected chi connectivity index (χ3v) is 5.69. The predicted molar refractivity (Wildman–Crippen MR) is 93.7 cm³/mol. The molecule has 9 nitrogen and oxygen atoms in total. The van der Waals surface area contributed by atoms with E-state index < -0.39 is 22.0 Å². The van der Waals surface area contributed by atoms with Crippen molar-refractivity contribution in [1.29, 1.82) is 0 Å². The van der Waals surface area contributed by atoms with Crippen molar-refractivity contribution in [3.05, 3.63) is 34.9 Å². The molecule has 0 unspecified atom stereocenters. The fraction of sp³-hybridized carbons (Fsp3) is 0.400. The van der Waals surface area contributed by atoms with E-state index in [4.69, 9.17) is 31.4 Å². The standard InChI is InChI=1S/C13H17ClN2O3S.C2H2O4/c1-2-20(18,19)16-9-7-15(8-10-16)13(17)11-3-5-12(14)6-4-11;3-1(4)2(5)6/h3-6H,2,7-10H2,1H3;(H,3,4)(H,5,6). The van der Waals surface area contributed by atoms with Crippen LogP contribution in [0.15, 0.2) is 24.3 Å². The van der Waals surface area contributed by atoms with Crippen LogP contribution in [0.1, 0.15) is 17.3 Å². The Bertz CT molecular complexity index is 745. The molecule has 0 saturated carbocycles. The van der Waals surface area contributed by atoms with Gasteiger partial charge in [-0.25, -0.2) is 18.0 Å². The Balaban J connectivity index is 0.000000487. The number of hydrogen-bond acceptors (Lipinski definition) is 5. The zero-order valence-electron chi connectivity index (χ0n) is 14.0. The first-order valence-electron chi connectivity index (χ1n) is 7.57. The highest BCUT2D eigenvalue weighted by molar-refractivity contribution is 7.89. The van der Waals surface area contributed by atoms with Crippen LogP contribution >= 0.6 is 11.6 Å². The summed E-state index contributed by atoms with van der Waals surface area (Å²) in [5.41, 5.74) is 0.571. The number of piperazine rings is 1. The minimum atomic E-state index is -3.16. The molecule has 0 aromatic heterocycles. The van der Waals surface area contributed by atoms with Gasteiger partial charge in [-0.3, -0.25) is 4.79 Å². The summed E-state index contributed by atoms with van der Waals surface area (Å²) in [5, 5.41) is 15.4. The lowest BCUT2D eigenvalue weighted by molar-refractivity contribution is -0.159. The van der Waals surface area contributed by atoms with Crippen LogP contribution in [0.2, 0.25) is 5.02 Å². The number of aliphatic carboxylic acids is 2. The minimum Gasteiger partial charge on any atom is -0.473 e. The van der Waals surface area contributed by atoms with Crippen molar-refractivity contribution in [3.63, 3.8) is 0 Å². The van der Waals surface area contributed by atoms with Crippen molar-refractivity contribution in [3.8, 4) is 0 Å². The fourth-order valence-corrected chi connectivity index (χ4v) is 3.34. The zero-order valence-corrected chi connectivity index (χ0v) is 15.5. The molecule has 2 rings (SSSR count). The van der Waals surface area contributed by atoms with Gasteiger partial charge in [0.1, 0.15) is 0 Å². The number of amides is 1. The topological polar surface area (TPSA) is 132 Å². The molecule has 2 N–H and O–H groups in total. The van der Waals surface area contributed by atoms with Crippen LogP contribution in [0.25, 0.3) is 0 Å². The van der Waals surface area contributed by atoms with Gasteiger partial charge in [-0.05, 0) is 31.2 Å². The van der Waals surface area contributed by atoms with Gasteiger partial charge < -0.3 is 15.1 Å². The first-order valence-corrected chi connectivity index (χ1v) is 9.56. The van der Waals surface area contributed by atoms with Crippen LogP contribution in [-0.4, -0.2) is 77.6 Å². The number of benzene rings is 1. The molecular weight excluding hydrogens is 388 g/mol. The number of nitrogens with zero attached hydrogens (tertiary/aromatic N) is 2. The Hall–Kier alpha value is -2.17. The SMILES string of the molecule is CCS(=O)(=O)N1CCN(C(=O)c2ccc(Cl)cc2)CC1.O=C(O)C(=O)O. The first-order chi connectivity index (χ1) is 12.1. The maximum atomic E-state index is 12.3. The van der Waals surface area contributed by atoms with Gasteiger partial charge in [-0.15, -0.1) is 0 Å². The van der Waals surface area contributed by atoms with Crippen molar-refractivity contribution in [2.45, 2.75) is 6.92 Å². The van der Waals surface area contributed by atoms with Gasteiger partial charge in [0.25, 0.3) is 5.91 Å². The van der Waals surface area contributed by atoms with E-state index in [1.54, 1.807) is 36.1 Å². The third-order valence-electron chi connectivity index (χ3n) is 3.56. The van der Waals surface area contributed by atoms with E-state index in [1.807, 2.05) is 0 Å². The lowest BCUT2D eigenvalue weighted by Gasteiger charge is -2.33. The van der Waals surface area contributed by atoms with Crippen molar-refractivity contribution >= 4 is 39.5 Å². The second kappa shape index (κ2) is 9.51. The molecule has 144 valence electrons. The molecule has 0 aliphatic carbocycles. The molecule has 1 amide bonds. The number of carbonyl (C=O) groups is 3. The van der Waals surface area contributed by atoms with Crippen molar-refractivity contribution in [2.75, 3.05) is 31.9 Å². The second-order valence-electron chi connectivity index (χ2n) is 5.21. The predicted octanol–water partition coefficient (Wildman–Crippen LogP) is 0.603. The van der Waals surface area contributed by atoms with Gasteiger partial charge in [0.05, 0.1) is 5.75 Å². The van der Waals surface area contributed by atoms with Gasteiger partial charge in [0.15, 0.2) is 0 Å². The minimum absolute atomic E-state index is 0.0878.